The first-order chi connectivity index (χ1) is 42.8. The molecule has 5 fully saturated rings. The van der Waals surface area contributed by atoms with E-state index in [0.717, 1.165) is 128 Å². The Morgan fingerprint density at radius 3 is 0.435 bits per heavy atom. The van der Waals surface area contributed by atoms with Crippen molar-refractivity contribution in [3.8, 4) is 0 Å². The van der Waals surface area contributed by atoms with Crippen molar-refractivity contribution < 1.29 is 217 Å². The molecule has 0 amide bonds. The molecule has 62 heteroatoms. The van der Waals surface area contributed by atoms with Gasteiger partial charge in [-0.05, 0) is 0 Å². The van der Waals surface area contributed by atoms with Gasteiger partial charge in [0.25, 0.3) is 0 Å². The molecule has 3 heterocycles. The molecule has 0 aromatic heterocycles. The van der Waals surface area contributed by atoms with E-state index in [-0.39, 0.29) is 0 Å². The Hall–Kier alpha value is 5.09. The summed E-state index contributed by atoms with van der Waals surface area (Å²) in [6, 6.07) is 0. The van der Waals surface area contributed by atoms with Crippen LogP contribution in [0.4, 0.5) is 0 Å². The zero-order valence-electron chi connectivity index (χ0n) is 50.6. The van der Waals surface area contributed by atoms with Crippen LogP contribution in [0.5, 0.6) is 0 Å². The van der Waals surface area contributed by atoms with Crippen LogP contribution in [0.1, 0.15) is 0 Å². The third-order valence-electron chi connectivity index (χ3n) is 11.5. The molecule has 3 aliphatic heterocycles. The van der Waals surface area contributed by atoms with Crippen molar-refractivity contribution in [1.29, 1.82) is 0 Å². The summed E-state index contributed by atoms with van der Waals surface area (Å²) < 4.78 is 329. The van der Waals surface area contributed by atoms with E-state index in [4.69, 9.17) is 149 Å². The Morgan fingerprint density at radius 2 is 0.359 bits per heavy atom. The number of hydrogen-bond donors (Lipinski definition) is 0. The van der Waals surface area contributed by atoms with E-state index < -0.39 is 167 Å². The third-order valence-corrected chi connectivity index (χ3v) is 30.4. The average Bonchev–Trinajstić information content (AvgIpc) is 1.40. The molecule has 552 valence electrons. The molecule has 0 aromatic rings. The molecule has 45 nitrogen and oxygen atoms in total. The first-order valence-corrected chi connectivity index (χ1v) is 59.8. The Bertz CT molecular complexity index is 2400. The average molecular weight is 2150 g/mol. The fourth-order valence-electron chi connectivity index (χ4n) is 7.38. The van der Waals surface area contributed by atoms with Crippen molar-refractivity contribution in [1.82, 2.24) is 0 Å². The minimum absolute atomic E-state index is 0.530. The second-order valence-corrected chi connectivity index (χ2v) is 53.8. The number of phosphoric ester groups is 12. The minimum atomic E-state index is -4.89. The number of hydrogen-bond acceptors (Lipinski definition) is 45. The van der Waals surface area contributed by atoms with E-state index in [0.29, 0.717) is 13.3 Å². The van der Waals surface area contributed by atoms with Gasteiger partial charge in [0.15, 0.2) is 0 Å². The van der Waals surface area contributed by atoms with Crippen molar-refractivity contribution in [2.45, 2.75) is 73.2 Å². The molecular weight excluding hydrogens is 2090 g/mol. The van der Waals surface area contributed by atoms with Crippen LogP contribution in [0.3, 0.4) is 0 Å². The van der Waals surface area contributed by atoms with Gasteiger partial charge in [-0.2, -0.15) is 12.9 Å². The van der Waals surface area contributed by atoms with Crippen molar-refractivity contribution in [2.75, 3.05) is 128 Å². The zero-order valence-corrected chi connectivity index (χ0v) is 72.1. The fourth-order valence-corrected chi connectivity index (χ4v) is 21.7. The third kappa shape index (κ3) is 24.6. The van der Waals surface area contributed by atoms with Crippen molar-refractivity contribution in [2.24, 2.45) is 0 Å². The maximum atomic E-state index is 13.5. The first kappa shape index (κ1) is 93.2. The molecule has 0 spiro atoms. The Balaban J connectivity index is 0.000000594. The van der Waals surface area contributed by atoms with Gasteiger partial charge in [0, 0.05) is 165 Å². The van der Waals surface area contributed by atoms with Crippen LogP contribution < -0.4 is 13.3 Å². The van der Waals surface area contributed by atoms with Crippen LogP contribution in [-0.4, -0.2) is 201 Å². The molecule has 0 aromatic carbocycles. The van der Waals surface area contributed by atoms with Gasteiger partial charge in [0.05, 0.1) is 0 Å². The molecule has 2 saturated carbocycles. The molecule has 0 N–H and O–H groups in total. The van der Waals surface area contributed by atoms with Crippen LogP contribution in [-0.2, 0) is 203 Å². The molecule has 6 atom stereocenters. The molecule has 0 radical (unpaired) electrons. The molecule has 5 rings (SSSR count). The van der Waals surface area contributed by atoms with E-state index in [1.165, 1.54) is 0 Å². The van der Waals surface area contributed by atoms with E-state index in [1.807, 2.05) is 0 Å². The second-order valence-electron chi connectivity index (χ2n) is 15.8. The predicted molar refractivity (Wildman–Crippen MR) is 335 cm³/mol. The standard InChI is InChI=1S/C18H42O24P6.C12H24O21P6.I3.I2/c1-25-43(19,26-2)37-13-14(38-44(20,27-3)28-4)16(40-46(22,31-7)32-8)18(42-48(24,35-11)36-12)17(41-47(23,33-9)34-10)15(13)39-45(21,29-5)30-6;1-19-34(13)25-7-8(26-35(14,20-2)31-34)10-12(30-39(18,24-6)33-37(16,22-4)28-10)11-9(7)27-36(15,21-3)32-38(17,23-5)29-11;1-3-2;1-2/h13-18H,1-12H3;7-12H,1-6H3;;/q;;-1;. The molecule has 5 aliphatic rings. The monoisotopic (exact) mass is 2150 g/mol. The quantitative estimate of drug-likeness (QED) is 0.0477. The zero-order chi connectivity index (χ0) is 71.0. The fraction of sp³-hybridized carbons (Fsp3) is 1.00. The summed E-state index contributed by atoms with van der Waals surface area (Å²) in [4.78, 5) is 0. The first-order valence-electron chi connectivity index (χ1n) is 23.4. The van der Waals surface area contributed by atoms with Gasteiger partial charge in [0.2, 0.25) is 0 Å². The Morgan fingerprint density at radius 1 is 0.261 bits per heavy atom. The Labute approximate surface area is 580 Å². The van der Waals surface area contributed by atoms with Crippen molar-refractivity contribution in [3.63, 3.8) is 0 Å². The second kappa shape index (κ2) is 40.2. The van der Waals surface area contributed by atoms with E-state index in [9.17, 15) is 54.8 Å². The van der Waals surface area contributed by atoms with E-state index in [2.05, 4.69) is 74.5 Å². The molecule has 92 heavy (non-hydrogen) atoms. The SMILES string of the molecule is COP(=O)(OC)OC1C(OP(=O)(OC)OC)C(OP(=O)(OC)OC)C(OP(=O)(OC)OC)C(OP(=O)(OC)OC)C1OP(=O)(OC)OC.COP1(=O)OC2C3OP(=O)(OC)OP(=O)(OC)OC3C3OP(=O)(OC)OP(=O)(OC)OC3C2OP(=O)(OC)O1.II.I[I-]I. The van der Waals surface area contributed by atoms with Crippen LogP contribution >= 0.6 is 168 Å². The van der Waals surface area contributed by atoms with Crippen LogP contribution in [0, 0.1) is 0 Å². The summed E-state index contributed by atoms with van der Waals surface area (Å²) in [7, 11) is -42.2. The molecule has 0 bridgehead atoms. The molecule has 6 unspecified atom stereocenters. The number of phosphoric acid groups is 12. The summed E-state index contributed by atoms with van der Waals surface area (Å²) >= 11 is 9.54. The van der Waals surface area contributed by atoms with E-state index >= 15 is 0 Å². The topological polar surface area (TPSA) is 509 Å². The van der Waals surface area contributed by atoms with Gasteiger partial charge in [-0.15, -0.1) is 0 Å². The Kier molecular flexibility index (Phi) is 40.7. The van der Waals surface area contributed by atoms with Crippen LogP contribution in [0.15, 0.2) is 0 Å². The summed E-state index contributed by atoms with van der Waals surface area (Å²) in [5, 5.41) is 0. The van der Waals surface area contributed by atoms with Gasteiger partial charge in [-0.25, -0.2) is 54.8 Å². The van der Waals surface area contributed by atoms with Gasteiger partial charge in [-0.1, -0.05) is 0 Å². The molecule has 2 aliphatic carbocycles. The van der Waals surface area contributed by atoms with Gasteiger partial charge >= 0.3 is 144 Å². The van der Waals surface area contributed by atoms with Crippen LogP contribution in [0.25, 0.3) is 0 Å². The van der Waals surface area contributed by atoms with Crippen molar-refractivity contribution >= 4 is 168 Å². The molecule has 3 saturated heterocycles. The summed E-state index contributed by atoms with van der Waals surface area (Å²) in [5.41, 5.74) is 0. The van der Waals surface area contributed by atoms with Crippen molar-refractivity contribution in [3.05, 3.63) is 0 Å². The predicted octanol–water partition coefficient (Wildman–Crippen LogP) is 9.19. The van der Waals surface area contributed by atoms with Gasteiger partial charge in [0.1, 0.15) is 73.2 Å². The number of fused-ring (bicyclic) bond motifs is 6. The normalized spacial score (nSPS) is 36.4. The number of rotatable bonds is 30. The summed E-state index contributed by atoms with van der Waals surface area (Å²) in [6.07, 6.45) is -25.3. The maximum absolute atomic E-state index is 13.5. The van der Waals surface area contributed by atoms with E-state index in [1.54, 1.807) is 0 Å². The van der Waals surface area contributed by atoms with Crippen LogP contribution in [0.2, 0.25) is 0 Å². The van der Waals surface area contributed by atoms with Gasteiger partial charge < -0.3 is 0 Å². The summed E-state index contributed by atoms with van der Waals surface area (Å²) in [6.45, 7) is 0. The molecular formula is C30H66I5O45P12-. The van der Waals surface area contributed by atoms with Gasteiger partial charge in [-0.3, -0.25) is 136 Å². The number of halogens is 5. The summed E-state index contributed by atoms with van der Waals surface area (Å²) in [5.74, 6) is 0.